The van der Waals surface area contributed by atoms with Crippen LogP contribution in [-0.4, -0.2) is 23.1 Å². The second-order valence-corrected chi connectivity index (χ2v) is 11.1. The van der Waals surface area contributed by atoms with Gasteiger partial charge >= 0.3 is 0 Å². The molecule has 45 heavy (non-hydrogen) atoms. The highest BCUT2D eigenvalue weighted by molar-refractivity contribution is 6.01. The van der Waals surface area contributed by atoms with Gasteiger partial charge in [0, 0.05) is 29.3 Å². The zero-order chi connectivity index (χ0) is 30.9. The van der Waals surface area contributed by atoms with E-state index in [2.05, 4.69) is 102 Å². The van der Waals surface area contributed by atoms with E-state index in [0.717, 1.165) is 66.1 Å². The Morgan fingerprint density at radius 1 is 0.622 bits per heavy atom. The fraction of sp³-hybridized carbons (Fsp3) is 0.0750. The summed E-state index contributed by atoms with van der Waals surface area (Å²) in [5, 5.41) is 13.2. The average Bonchev–Trinajstić information content (AvgIpc) is 3.56. The fourth-order valence-electron chi connectivity index (χ4n) is 5.88. The second kappa shape index (κ2) is 11.7. The summed E-state index contributed by atoms with van der Waals surface area (Å²) in [7, 11) is 1.74. The number of fused-ring (bicyclic) bond motifs is 2. The lowest BCUT2D eigenvalue weighted by atomic mass is 9.96. The Bertz CT molecular complexity index is 2250. The highest BCUT2D eigenvalue weighted by Gasteiger charge is 2.17. The topological polar surface area (TPSA) is 60.5 Å². The lowest BCUT2D eigenvalue weighted by Crippen LogP contribution is -2.08. The molecule has 5 heteroatoms. The maximum atomic E-state index is 6.28. The number of aliphatic imine (C=N–C) groups is 1. The van der Waals surface area contributed by atoms with Gasteiger partial charge in [-0.3, -0.25) is 4.99 Å². The molecule has 0 fully saturated rings. The summed E-state index contributed by atoms with van der Waals surface area (Å²) in [6.45, 7) is 8.38. The predicted octanol–water partition coefficient (Wildman–Crippen LogP) is 10.1. The van der Waals surface area contributed by atoms with Gasteiger partial charge in [-0.1, -0.05) is 110 Å². The minimum atomic E-state index is 0.501. The Labute approximate surface area is 262 Å². The first-order valence-corrected chi connectivity index (χ1v) is 14.9. The Morgan fingerprint density at radius 3 is 1.93 bits per heavy atom. The van der Waals surface area contributed by atoms with Gasteiger partial charge in [-0.25, -0.2) is 0 Å². The van der Waals surface area contributed by atoms with Crippen LogP contribution in [0.5, 0.6) is 0 Å². The summed E-state index contributed by atoms with van der Waals surface area (Å²) >= 11 is 0. The molecule has 0 N–H and O–H groups in total. The lowest BCUT2D eigenvalue weighted by Gasteiger charge is -2.15. The van der Waals surface area contributed by atoms with Crippen molar-refractivity contribution >= 4 is 33.2 Å². The number of nitrogens with zero attached hydrogens (tertiary/aromatic N) is 3. The Morgan fingerprint density at radius 2 is 1.22 bits per heavy atom. The van der Waals surface area contributed by atoms with Crippen molar-refractivity contribution in [2.75, 3.05) is 7.05 Å². The Kier molecular flexibility index (Phi) is 7.28. The summed E-state index contributed by atoms with van der Waals surface area (Å²) in [6.07, 6.45) is 0. The molecule has 6 aromatic carbocycles. The van der Waals surface area contributed by atoms with Crippen molar-refractivity contribution in [2.24, 2.45) is 4.99 Å². The van der Waals surface area contributed by atoms with E-state index in [1.165, 1.54) is 0 Å². The molecule has 0 saturated heterocycles. The minimum absolute atomic E-state index is 0.501. The van der Waals surface area contributed by atoms with Gasteiger partial charge in [0.15, 0.2) is 0 Å². The Balaban J connectivity index is 1.13. The van der Waals surface area contributed by atoms with E-state index in [9.17, 15) is 0 Å². The molecule has 0 amide bonds. The molecule has 0 bridgehead atoms. The maximum absolute atomic E-state index is 6.28. The van der Waals surface area contributed by atoms with E-state index >= 15 is 0 Å². The number of rotatable bonds is 6. The molecule has 7 rings (SSSR count). The van der Waals surface area contributed by atoms with E-state index in [4.69, 9.17) is 9.15 Å². The van der Waals surface area contributed by atoms with Gasteiger partial charge in [-0.15, -0.1) is 10.2 Å². The van der Waals surface area contributed by atoms with Crippen molar-refractivity contribution in [3.05, 3.63) is 150 Å². The minimum Gasteiger partial charge on any atom is -0.439 e. The monoisotopic (exact) mass is 585 g/mol. The molecular formula is C40H31N3O2. The highest BCUT2D eigenvalue weighted by Crippen LogP contribution is 2.33. The van der Waals surface area contributed by atoms with Crippen molar-refractivity contribution in [1.29, 1.82) is 0 Å². The molecule has 0 aliphatic heterocycles. The number of hydrogen-bond acceptors (Lipinski definition) is 5. The van der Waals surface area contributed by atoms with Crippen LogP contribution in [0.15, 0.2) is 137 Å². The molecule has 0 radical (unpaired) electrons. The molecule has 7 aromatic rings. The van der Waals surface area contributed by atoms with Crippen LogP contribution in [0.1, 0.15) is 22.3 Å². The lowest BCUT2D eigenvalue weighted by molar-refractivity contribution is 0.510. The number of hydrogen-bond donors (Lipinski definition) is 0. The van der Waals surface area contributed by atoms with Gasteiger partial charge in [-0.2, -0.15) is 0 Å². The molecule has 218 valence electrons. The number of aryl methyl sites for hydroxylation is 2. The number of benzene rings is 6. The smallest absolute Gasteiger partial charge is 0.248 e. The number of aromatic nitrogens is 2. The van der Waals surface area contributed by atoms with Crippen LogP contribution in [0.25, 0.3) is 61.3 Å². The first-order valence-electron chi connectivity index (χ1n) is 14.9. The van der Waals surface area contributed by atoms with Crippen LogP contribution in [0.4, 0.5) is 0 Å². The van der Waals surface area contributed by atoms with Crippen molar-refractivity contribution < 1.29 is 9.15 Å². The highest BCUT2D eigenvalue weighted by atomic mass is 16.5. The van der Waals surface area contributed by atoms with Gasteiger partial charge in [0.2, 0.25) is 17.7 Å². The molecule has 0 saturated carbocycles. The molecule has 0 aliphatic rings. The van der Waals surface area contributed by atoms with Crippen molar-refractivity contribution in [1.82, 2.24) is 10.2 Å². The maximum Gasteiger partial charge on any atom is 0.248 e. The van der Waals surface area contributed by atoms with Crippen molar-refractivity contribution in [3.63, 3.8) is 0 Å². The summed E-state index contributed by atoms with van der Waals surface area (Å²) in [5.41, 5.74) is 7.99. The van der Waals surface area contributed by atoms with Crippen molar-refractivity contribution in [3.8, 4) is 34.0 Å². The van der Waals surface area contributed by atoms with Gasteiger partial charge in [-0.05, 0) is 75.8 Å². The van der Waals surface area contributed by atoms with Gasteiger partial charge in [0.1, 0.15) is 5.76 Å². The summed E-state index contributed by atoms with van der Waals surface area (Å²) in [6, 6.07) is 41.3. The zero-order valence-electron chi connectivity index (χ0n) is 25.4. The predicted molar refractivity (Wildman–Crippen MR) is 184 cm³/mol. The van der Waals surface area contributed by atoms with E-state index in [0.29, 0.717) is 23.4 Å². The third kappa shape index (κ3) is 5.30. The molecule has 0 atom stereocenters. The van der Waals surface area contributed by atoms with E-state index < -0.39 is 0 Å². The molecule has 5 nitrogen and oxygen atoms in total. The molecule has 1 aromatic heterocycles. The quantitative estimate of drug-likeness (QED) is 0.111. The average molecular weight is 586 g/mol. The third-order valence-electron chi connectivity index (χ3n) is 8.21. The molecule has 0 aliphatic carbocycles. The fourth-order valence-corrected chi connectivity index (χ4v) is 5.88. The van der Waals surface area contributed by atoms with Crippen LogP contribution < -0.4 is 0 Å². The van der Waals surface area contributed by atoms with Crippen LogP contribution in [-0.2, 0) is 4.74 Å². The van der Waals surface area contributed by atoms with Crippen LogP contribution in [0, 0.1) is 13.8 Å². The first kappa shape index (κ1) is 28.0. The van der Waals surface area contributed by atoms with Gasteiger partial charge < -0.3 is 9.15 Å². The number of ether oxygens (including phenoxy) is 1. The summed E-state index contributed by atoms with van der Waals surface area (Å²) in [5.74, 6) is 2.10. The zero-order valence-corrected chi connectivity index (χ0v) is 25.4. The summed E-state index contributed by atoms with van der Waals surface area (Å²) < 4.78 is 12.5. The molecular weight excluding hydrogens is 554 g/mol. The third-order valence-corrected chi connectivity index (χ3v) is 8.21. The van der Waals surface area contributed by atoms with Crippen LogP contribution in [0.3, 0.4) is 0 Å². The van der Waals surface area contributed by atoms with E-state index in [1.54, 1.807) is 7.05 Å². The standard InChI is InChI=1S/C40H31N3O2/c1-25-23-30(19-21-32(25)38(41-4)44-27(3)34-17-9-13-28-11-5-7-15-35(28)34)31-20-22-33(26(2)24-31)39-42-43-40(45-39)37-18-10-14-29-12-6-8-16-36(29)37/h5-24H,3H2,1-2,4H3. The molecule has 0 unspecified atom stereocenters. The summed E-state index contributed by atoms with van der Waals surface area (Å²) in [4.78, 5) is 4.48. The Hall–Kier alpha value is -5.81. The largest absolute Gasteiger partial charge is 0.439 e. The van der Waals surface area contributed by atoms with E-state index in [-0.39, 0.29) is 0 Å². The van der Waals surface area contributed by atoms with Crippen LogP contribution >= 0.6 is 0 Å². The van der Waals surface area contributed by atoms with Gasteiger partial charge in [0.05, 0.1) is 0 Å². The SMILES string of the molecule is C=C(OC(=NC)c1ccc(-c2ccc(-c3nnc(-c4cccc5ccccc45)o3)c(C)c2)cc1C)c1cccc2ccccc12. The van der Waals surface area contributed by atoms with Crippen molar-refractivity contribution in [2.45, 2.75) is 13.8 Å². The van der Waals surface area contributed by atoms with Gasteiger partial charge in [0.25, 0.3) is 0 Å². The van der Waals surface area contributed by atoms with Crippen LogP contribution in [0.2, 0.25) is 0 Å². The normalized spacial score (nSPS) is 11.7. The first-order chi connectivity index (χ1) is 22.0. The molecule has 0 spiro atoms. The second-order valence-electron chi connectivity index (χ2n) is 11.1. The molecule has 1 heterocycles. The van der Waals surface area contributed by atoms with E-state index in [1.807, 2.05) is 54.6 Å².